The first-order chi connectivity index (χ1) is 17.1. The summed E-state index contributed by atoms with van der Waals surface area (Å²) in [5, 5.41) is 2.96. The van der Waals surface area contributed by atoms with E-state index >= 15 is 0 Å². The van der Waals surface area contributed by atoms with E-state index in [2.05, 4.69) is 5.32 Å². The molecule has 1 N–H and O–H groups in total. The standard InChI is InChI=1S/C27H24N4O3S/c1-3-22(25(32)28-18-13-15-19(34-2)16-14-18)35-27-29-21-12-8-7-11-20(21)24-30-23(26(33)31(24)27)17-9-5-4-6-10-17/h4-16,22-23H,3H2,1-2H3,(H,28,32)/t22-,23-/m1/s1. The highest BCUT2D eigenvalue weighted by molar-refractivity contribution is 8.15. The van der Waals surface area contributed by atoms with Crippen molar-refractivity contribution in [1.29, 1.82) is 0 Å². The van der Waals surface area contributed by atoms with Gasteiger partial charge in [-0.3, -0.25) is 9.59 Å². The van der Waals surface area contributed by atoms with Crippen molar-refractivity contribution in [2.24, 2.45) is 9.98 Å². The van der Waals surface area contributed by atoms with Crippen LogP contribution in [-0.4, -0.2) is 40.1 Å². The number of para-hydroxylation sites is 1. The van der Waals surface area contributed by atoms with Crippen LogP contribution in [0.5, 0.6) is 5.75 Å². The third-order valence-corrected chi connectivity index (χ3v) is 7.17. The van der Waals surface area contributed by atoms with E-state index in [1.807, 2.05) is 61.5 Å². The summed E-state index contributed by atoms with van der Waals surface area (Å²) in [6.07, 6.45) is 0.559. The van der Waals surface area contributed by atoms with E-state index in [1.54, 1.807) is 36.3 Å². The fourth-order valence-electron chi connectivity index (χ4n) is 4.03. The Labute approximate surface area is 207 Å². The maximum absolute atomic E-state index is 13.6. The van der Waals surface area contributed by atoms with Crippen molar-refractivity contribution in [2.75, 3.05) is 12.4 Å². The molecule has 2 atom stereocenters. The minimum atomic E-state index is -0.642. The van der Waals surface area contributed by atoms with Crippen LogP contribution in [-0.2, 0) is 9.59 Å². The Hall–Kier alpha value is -3.91. The third kappa shape index (κ3) is 4.44. The van der Waals surface area contributed by atoms with Crippen LogP contribution in [0.15, 0.2) is 88.8 Å². The van der Waals surface area contributed by atoms with Crippen LogP contribution in [0.25, 0.3) is 0 Å². The lowest BCUT2D eigenvalue weighted by molar-refractivity contribution is -0.124. The van der Waals surface area contributed by atoms with Gasteiger partial charge in [0.15, 0.2) is 11.2 Å². The first-order valence-corrected chi connectivity index (χ1v) is 12.2. The van der Waals surface area contributed by atoms with E-state index in [0.29, 0.717) is 28.9 Å². The maximum Gasteiger partial charge on any atom is 0.263 e. The first-order valence-electron chi connectivity index (χ1n) is 11.4. The smallest absolute Gasteiger partial charge is 0.263 e. The van der Waals surface area contributed by atoms with Gasteiger partial charge in [-0.2, -0.15) is 0 Å². The number of amides is 2. The number of methoxy groups -OCH3 is 1. The van der Waals surface area contributed by atoms with Gasteiger partial charge in [0.2, 0.25) is 5.91 Å². The van der Waals surface area contributed by atoms with Crippen LogP contribution in [0, 0.1) is 0 Å². The summed E-state index contributed by atoms with van der Waals surface area (Å²) < 4.78 is 5.18. The highest BCUT2D eigenvalue weighted by Gasteiger charge is 2.43. The second-order valence-electron chi connectivity index (χ2n) is 8.08. The molecule has 2 aliphatic rings. The summed E-state index contributed by atoms with van der Waals surface area (Å²) >= 11 is 1.28. The minimum Gasteiger partial charge on any atom is -0.497 e. The molecular weight excluding hydrogens is 460 g/mol. The predicted molar refractivity (Wildman–Crippen MR) is 139 cm³/mol. The summed E-state index contributed by atoms with van der Waals surface area (Å²) in [6, 6.07) is 23.7. The van der Waals surface area contributed by atoms with Gasteiger partial charge in [-0.25, -0.2) is 14.9 Å². The lowest BCUT2D eigenvalue weighted by Crippen LogP contribution is -2.41. The number of aliphatic imine (C=N–C) groups is 2. The van der Waals surface area contributed by atoms with Crippen LogP contribution in [0.1, 0.15) is 30.5 Å². The molecule has 7 nitrogen and oxygen atoms in total. The number of fused-ring (bicyclic) bond motifs is 3. The lowest BCUT2D eigenvalue weighted by Gasteiger charge is -2.27. The summed E-state index contributed by atoms with van der Waals surface area (Å²) in [4.78, 5) is 37.8. The van der Waals surface area contributed by atoms with Crippen LogP contribution >= 0.6 is 11.8 Å². The monoisotopic (exact) mass is 484 g/mol. The average molecular weight is 485 g/mol. The fourth-order valence-corrected chi connectivity index (χ4v) is 5.05. The number of amidine groups is 2. The van der Waals surface area contributed by atoms with E-state index in [0.717, 1.165) is 16.8 Å². The number of carbonyl (C=O) groups is 2. The van der Waals surface area contributed by atoms with Crippen molar-refractivity contribution in [3.8, 4) is 5.75 Å². The summed E-state index contributed by atoms with van der Waals surface area (Å²) in [5.74, 6) is 0.959. The number of benzene rings is 3. The zero-order valence-corrected chi connectivity index (χ0v) is 20.2. The van der Waals surface area contributed by atoms with Gasteiger partial charge in [-0.15, -0.1) is 0 Å². The van der Waals surface area contributed by atoms with Crippen LogP contribution in [0.4, 0.5) is 11.4 Å². The van der Waals surface area contributed by atoms with E-state index in [9.17, 15) is 9.59 Å². The molecule has 0 bridgehead atoms. The van der Waals surface area contributed by atoms with Gasteiger partial charge in [0.05, 0.1) is 18.0 Å². The van der Waals surface area contributed by atoms with Crippen molar-refractivity contribution in [3.05, 3.63) is 90.0 Å². The highest BCUT2D eigenvalue weighted by Crippen LogP contribution is 2.38. The maximum atomic E-state index is 13.6. The van der Waals surface area contributed by atoms with E-state index in [4.69, 9.17) is 14.7 Å². The van der Waals surface area contributed by atoms with Crippen molar-refractivity contribution in [3.63, 3.8) is 0 Å². The van der Waals surface area contributed by atoms with Gasteiger partial charge in [-0.05, 0) is 48.4 Å². The number of hydrogen-bond acceptors (Lipinski definition) is 6. The summed E-state index contributed by atoms with van der Waals surface area (Å²) in [7, 11) is 1.60. The molecule has 0 aromatic heterocycles. The van der Waals surface area contributed by atoms with Crippen molar-refractivity contribution >= 4 is 46.0 Å². The van der Waals surface area contributed by atoms with Crippen LogP contribution in [0.2, 0.25) is 0 Å². The molecule has 3 aromatic rings. The number of anilines is 1. The SMILES string of the molecule is CC[C@@H](SC1=Nc2ccccc2C2=N[C@H](c3ccccc3)C(=O)N12)C(=O)Nc1ccc(OC)cc1. The summed E-state index contributed by atoms with van der Waals surface area (Å²) in [6.45, 7) is 1.94. The molecule has 8 heteroatoms. The molecule has 3 aromatic carbocycles. The second kappa shape index (κ2) is 9.76. The molecule has 0 saturated carbocycles. The number of rotatable bonds is 6. The molecule has 0 fully saturated rings. The van der Waals surface area contributed by atoms with Crippen LogP contribution in [0.3, 0.4) is 0 Å². The van der Waals surface area contributed by atoms with E-state index in [1.165, 1.54) is 11.8 Å². The largest absolute Gasteiger partial charge is 0.497 e. The Morgan fingerprint density at radius 1 is 1.06 bits per heavy atom. The normalized spacial score (nSPS) is 17.1. The molecular formula is C27H24N4O3S. The number of nitrogens with zero attached hydrogens (tertiary/aromatic N) is 3. The zero-order chi connectivity index (χ0) is 24.4. The molecule has 2 aliphatic heterocycles. The molecule has 35 heavy (non-hydrogen) atoms. The Balaban J connectivity index is 1.43. The Morgan fingerprint density at radius 2 is 1.77 bits per heavy atom. The Kier molecular flexibility index (Phi) is 6.37. The molecule has 0 spiro atoms. The van der Waals surface area contributed by atoms with E-state index in [-0.39, 0.29) is 11.8 Å². The Morgan fingerprint density at radius 3 is 2.49 bits per heavy atom. The highest BCUT2D eigenvalue weighted by atomic mass is 32.2. The third-order valence-electron chi connectivity index (χ3n) is 5.85. The quantitative estimate of drug-likeness (QED) is 0.523. The zero-order valence-electron chi connectivity index (χ0n) is 19.3. The van der Waals surface area contributed by atoms with Gasteiger partial charge in [-0.1, -0.05) is 61.2 Å². The topological polar surface area (TPSA) is 83.4 Å². The van der Waals surface area contributed by atoms with Gasteiger partial charge >= 0.3 is 0 Å². The van der Waals surface area contributed by atoms with Gasteiger partial charge < -0.3 is 10.1 Å². The molecule has 176 valence electrons. The molecule has 0 unspecified atom stereocenters. The number of hydrogen-bond donors (Lipinski definition) is 1. The molecule has 0 radical (unpaired) electrons. The number of nitrogens with one attached hydrogen (secondary N) is 1. The summed E-state index contributed by atoms with van der Waals surface area (Å²) in [5.41, 5.74) is 3.04. The molecule has 0 saturated heterocycles. The first kappa shape index (κ1) is 22.9. The number of thioether (sulfide) groups is 1. The molecule has 2 heterocycles. The lowest BCUT2D eigenvalue weighted by atomic mass is 10.1. The molecule has 2 amide bonds. The van der Waals surface area contributed by atoms with Crippen molar-refractivity contribution in [2.45, 2.75) is 24.6 Å². The molecule has 5 rings (SSSR count). The Bertz CT molecular complexity index is 1320. The average Bonchev–Trinajstić information content (AvgIpc) is 3.25. The second-order valence-corrected chi connectivity index (χ2v) is 9.25. The van der Waals surface area contributed by atoms with E-state index < -0.39 is 11.3 Å². The van der Waals surface area contributed by atoms with Crippen LogP contribution < -0.4 is 10.1 Å². The fraction of sp³-hybridized carbons (Fsp3) is 0.185. The number of carbonyl (C=O) groups excluding carboxylic acids is 2. The predicted octanol–water partition coefficient (Wildman–Crippen LogP) is 5.18. The van der Waals surface area contributed by atoms with Crippen molar-refractivity contribution in [1.82, 2.24) is 4.90 Å². The van der Waals surface area contributed by atoms with Gasteiger partial charge in [0.25, 0.3) is 5.91 Å². The number of ether oxygens (including phenoxy) is 1. The van der Waals surface area contributed by atoms with Gasteiger partial charge in [0, 0.05) is 11.3 Å². The molecule has 0 aliphatic carbocycles. The van der Waals surface area contributed by atoms with Crippen molar-refractivity contribution < 1.29 is 14.3 Å². The minimum absolute atomic E-state index is 0.158. The van der Waals surface area contributed by atoms with Gasteiger partial charge in [0.1, 0.15) is 11.6 Å².